The van der Waals surface area contributed by atoms with Crippen LogP contribution in [0.3, 0.4) is 0 Å². The average Bonchev–Trinajstić information content (AvgIpc) is 3.36. The maximum atomic E-state index is 15.1. The molecule has 1 saturated heterocycles. The van der Waals surface area contributed by atoms with Gasteiger partial charge in [-0.25, -0.2) is 9.18 Å². The van der Waals surface area contributed by atoms with Crippen LogP contribution in [0.25, 0.3) is 28.0 Å². The predicted molar refractivity (Wildman–Crippen MR) is 173 cm³/mol. The van der Waals surface area contributed by atoms with E-state index in [2.05, 4.69) is 39.7 Å². The minimum Gasteiger partial charge on any atom is -0.372 e. The van der Waals surface area contributed by atoms with Gasteiger partial charge in [-0.15, -0.1) is 0 Å². The number of hydrogen-bond acceptors (Lipinski definition) is 5. The molecule has 4 aromatic rings. The zero-order valence-corrected chi connectivity index (χ0v) is 25.8. The molecule has 1 aliphatic heterocycles. The molecule has 3 heterocycles. The molecule has 0 aliphatic carbocycles. The summed E-state index contributed by atoms with van der Waals surface area (Å²) in [6, 6.07) is 14.2. The molecule has 0 spiro atoms. The van der Waals surface area contributed by atoms with Gasteiger partial charge in [0.25, 0.3) is 0 Å². The largest absolute Gasteiger partial charge is 0.372 e. The van der Waals surface area contributed by atoms with E-state index < -0.39 is 11.5 Å². The van der Waals surface area contributed by atoms with E-state index in [-0.39, 0.29) is 23.1 Å². The third kappa shape index (κ3) is 7.52. The summed E-state index contributed by atoms with van der Waals surface area (Å²) in [4.78, 5) is 20.4. The van der Waals surface area contributed by atoms with Crippen molar-refractivity contribution in [2.45, 2.75) is 89.9 Å². The monoisotopic (exact) mass is 605 g/mol. The molecule has 2 aromatic carbocycles. The van der Waals surface area contributed by atoms with Crippen LogP contribution in [0.5, 0.6) is 0 Å². The Hall–Kier alpha value is -3.53. The highest BCUT2D eigenvalue weighted by Gasteiger charge is 2.24. The fourth-order valence-electron chi connectivity index (χ4n) is 6.13. The van der Waals surface area contributed by atoms with Gasteiger partial charge in [0.15, 0.2) is 5.82 Å². The standard InChI is InChI=1S/C33H41ClFN7O/c1-19(36)6-4-7-22-15-27(31(35)28(34)16-22)30-17-24-18-42(33(43)41-32(24)40-30)26-12-10-23(11-13-26)29-9-5-8-25(39-29)14-20(2)38-21(3)37/h10-13,15-20,25,29,39H,4-9,14,36H2,1-3H3,(H2,37,38)(H,40,41,43)/t19-,20-,25-,29-/m0/s1. The molecule has 228 valence electrons. The molecule has 0 bridgehead atoms. The summed E-state index contributed by atoms with van der Waals surface area (Å²) < 4.78 is 16.6. The van der Waals surface area contributed by atoms with Gasteiger partial charge >= 0.3 is 5.69 Å². The lowest BCUT2D eigenvalue weighted by Gasteiger charge is -2.33. The van der Waals surface area contributed by atoms with E-state index >= 15 is 4.39 Å². The molecule has 10 heteroatoms. The quantitative estimate of drug-likeness (QED) is 0.106. The number of aromatic nitrogens is 3. The summed E-state index contributed by atoms with van der Waals surface area (Å²) in [5.74, 6) is -0.0205. The molecule has 1 fully saturated rings. The molecule has 6 N–H and O–H groups in total. The summed E-state index contributed by atoms with van der Waals surface area (Å²) in [6.45, 7) is 5.85. The summed E-state index contributed by atoms with van der Waals surface area (Å²) in [5.41, 5.74) is 9.53. The highest BCUT2D eigenvalue weighted by molar-refractivity contribution is 6.31. The normalized spacial score (nSPS) is 18.5. The smallest absolute Gasteiger partial charge is 0.354 e. The highest BCUT2D eigenvalue weighted by atomic mass is 35.5. The van der Waals surface area contributed by atoms with E-state index in [9.17, 15) is 4.79 Å². The Morgan fingerprint density at radius 2 is 2.00 bits per heavy atom. The number of nitrogens with two attached hydrogens (primary N) is 1. The van der Waals surface area contributed by atoms with Crippen LogP contribution in [0.15, 0.2) is 53.5 Å². The lowest BCUT2D eigenvalue weighted by molar-refractivity contribution is 0.297. The second-order valence-electron chi connectivity index (χ2n) is 12.0. The van der Waals surface area contributed by atoms with Crippen molar-refractivity contribution in [2.75, 3.05) is 0 Å². The Balaban J connectivity index is 1.35. The Morgan fingerprint density at radius 3 is 2.72 bits per heavy atom. The van der Waals surface area contributed by atoms with Crippen molar-refractivity contribution in [3.05, 3.63) is 81.1 Å². The number of rotatable bonds is 10. The molecule has 43 heavy (non-hydrogen) atoms. The van der Waals surface area contributed by atoms with Gasteiger partial charge in [0.2, 0.25) is 0 Å². The van der Waals surface area contributed by atoms with E-state index in [0.717, 1.165) is 50.5 Å². The topological polar surface area (TPSA) is 125 Å². The van der Waals surface area contributed by atoms with Gasteiger partial charge in [-0.1, -0.05) is 30.2 Å². The molecule has 8 nitrogen and oxygen atoms in total. The van der Waals surface area contributed by atoms with Crippen molar-refractivity contribution in [2.24, 2.45) is 5.73 Å². The Morgan fingerprint density at radius 1 is 1.23 bits per heavy atom. The molecule has 2 aromatic heterocycles. The first-order valence-electron chi connectivity index (χ1n) is 15.1. The number of aromatic amines is 1. The molecular weight excluding hydrogens is 565 g/mol. The molecular formula is C33H41ClFN7O. The number of H-pyrrole nitrogens is 1. The van der Waals surface area contributed by atoms with E-state index in [0.29, 0.717) is 39.9 Å². The van der Waals surface area contributed by atoms with Crippen LogP contribution in [-0.2, 0) is 6.42 Å². The van der Waals surface area contributed by atoms with E-state index in [4.69, 9.17) is 22.7 Å². The number of hydrogen-bond donors (Lipinski definition) is 5. The predicted octanol–water partition coefficient (Wildman–Crippen LogP) is 6.39. The fraction of sp³-hybridized carbons (Fsp3) is 0.424. The van der Waals surface area contributed by atoms with E-state index in [1.807, 2.05) is 19.1 Å². The average molecular weight is 606 g/mol. The summed E-state index contributed by atoms with van der Waals surface area (Å²) >= 11 is 6.26. The summed E-state index contributed by atoms with van der Waals surface area (Å²) in [7, 11) is 0. The zero-order chi connectivity index (χ0) is 30.7. The van der Waals surface area contributed by atoms with Crippen molar-refractivity contribution < 1.29 is 4.39 Å². The Bertz CT molecular complexity index is 1650. The van der Waals surface area contributed by atoms with Crippen LogP contribution < -0.4 is 22.1 Å². The number of halogens is 2. The van der Waals surface area contributed by atoms with Crippen LogP contribution >= 0.6 is 11.6 Å². The summed E-state index contributed by atoms with van der Waals surface area (Å²) in [6.07, 6.45) is 8.49. The fourth-order valence-corrected chi connectivity index (χ4v) is 6.37. The SMILES string of the molecule is CC(=N)N[C@@H](C)C[C@@H]1CCC[C@@H](c2ccc(-n3cc4cc(-c5cc(CCC[C@H](C)N)cc(Cl)c5F)[nH]c4nc3=O)cc2)N1. The second-order valence-corrected chi connectivity index (χ2v) is 12.4. The van der Waals surface area contributed by atoms with Gasteiger partial charge in [0, 0.05) is 41.3 Å². The van der Waals surface area contributed by atoms with Crippen LogP contribution in [0.4, 0.5) is 4.39 Å². The third-order valence-electron chi connectivity index (χ3n) is 8.17. The minimum atomic E-state index is -0.510. The summed E-state index contributed by atoms with van der Waals surface area (Å²) in [5, 5.41) is 15.4. The molecule has 0 saturated carbocycles. The molecule has 0 amide bonds. The van der Waals surface area contributed by atoms with Crippen molar-refractivity contribution in [1.82, 2.24) is 25.2 Å². The molecule has 4 atom stereocenters. The lowest BCUT2D eigenvalue weighted by atomic mass is 9.90. The second kappa shape index (κ2) is 13.4. The van der Waals surface area contributed by atoms with Gasteiger partial charge in [-0.05, 0) is 101 Å². The maximum absolute atomic E-state index is 15.1. The van der Waals surface area contributed by atoms with Crippen molar-refractivity contribution in [3.63, 3.8) is 0 Å². The highest BCUT2D eigenvalue weighted by Crippen LogP contribution is 2.32. The van der Waals surface area contributed by atoms with Crippen LogP contribution in [-0.4, -0.2) is 38.5 Å². The van der Waals surface area contributed by atoms with Gasteiger partial charge < -0.3 is 21.4 Å². The molecule has 5 rings (SSSR count). The van der Waals surface area contributed by atoms with Crippen molar-refractivity contribution >= 4 is 28.5 Å². The maximum Gasteiger partial charge on any atom is 0.354 e. The number of fused-ring (bicyclic) bond motifs is 1. The van der Waals surface area contributed by atoms with Crippen LogP contribution in [0.2, 0.25) is 5.02 Å². The molecule has 0 radical (unpaired) electrons. The van der Waals surface area contributed by atoms with Gasteiger partial charge in [0.1, 0.15) is 5.65 Å². The minimum absolute atomic E-state index is 0.0611. The van der Waals surface area contributed by atoms with Crippen LogP contribution in [0, 0.1) is 11.2 Å². The first-order valence-corrected chi connectivity index (χ1v) is 15.5. The number of benzene rings is 2. The number of nitrogens with one attached hydrogen (secondary N) is 4. The Kier molecular flexibility index (Phi) is 9.64. The zero-order valence-electron chi connectivity index (χ0n) is 25.0. The third-order valence-corrected chi connectivity index (χ3v) is 8.44. The molecule has 1 aliphatic rings. The van der Waals surface area contributed by atoms with Crippen molar-refractivity contribution in [3.8, 4) is 16.9 Å². The number of aryl methyl sites for hydroxylation is 1. The van der Waals surface area contributed by atoms with Crippen molar-refractivity contribution in [1.29, 1.82) is 5.41 Å². The van der Waals surface area contributed by atoms with Gasteiger partial charge in [-0.2, -0.15) is 4.98 Å². The van der Waals surface area contributed by atoms with Crippen LogP contribution in [0.1, 0.15) is 76.5 Å². The van der Waals surface area contributed by atoms with E-state index in [1.165, 1.54) is 10.1 Å². The lowest BCUT2D eigenvalue weighted by Crippen LogP contribution is -2.42. The number of piperidine rings is 1. The number of amidine groups is 1. The van der Waals surface area contributed by atoms with Gasteiger partial charge in [0.05, 0.1) is 22.2 Å². The first kappa shape index (κ1) is 30.9. The van der Waals surface area contributed by atoms with Gasteiger partial charge in [-0.3, -0.25) is 9.98 Å². The molecule has 0 unspecified atom stereocenters. The first-order chi connectivity index (χ1) is 20.6. The van der Waals surface area contributed by atoms with E-state index in [1.54, 1.807) is 31.3 Å². The number of nitrogens with zero attached hydrogens (tertiary/aromatic N) is 2. The Labute approximate surface area is 256 Å².